The second-order valence-electron chi connectivity index (χ2n) is 5.34. The van der Waals surface area contributed by atoms with E-state index in [1.807, 2.05) is 0 Å². The predicted octanol–water partition coefficient (Wildman–Crippen LogP) is 0.339. The number of hydrogen-bond donors (Lipinski definition) is 2. The average molecular weight is 225 g/mol. The SMILES string of the molecule is CN(C)C1(CNC(=O)[C@H]2CCCN2)CCC1. The van der Waals surface area contributed by atoms with Crippen LogP contribution in [0.2, 0.25) is 0 Å². The van der Waals surface area contributed by atoms with E-state index in [4.69, 9.17) is 0 Å². The van der Waals surface area contributed by atoms with Gasteiger partial charge in [0.15, 0.2) is 0 Å². The second-order valence-corrected chi connectivity index (χ2v) is 5.34. The van der Waals surface area contributed by atoms with Gasteiger partial charge >= 0.3 is 0 Å². The van der Waals surface area contributed by atoms with E-state index >= 15 is 0 Å². The quantitative estimate of drug-likeness (QED) is 0.725. The molecule has 0 aromatic heterocycles. The molecule has 0 bridgehead atoms. The summed E-state index contributed by atoms with van der Waals surface area (Å²) < 4.78 is 0. The van der Waals surface area contributed by atoms with Crippen LogP contribution in [0.1, 0.15) is 32.1 Å². The van der Waals surface area contributed by atoms with Crippen LogP contribution in [0.3, 0.4) is 0 Å². The van der Waals surface area contributed by atoms with Gasteiger partial charge in [-0.25, -0.2) is 0 Å². The third-order valence-electron chi connectivity index (χ3n) is 4.20. The molecule has 1 saturated carbocycles. The van der Waals surface area contributed by atoms with Crippen LogP contribution in [0, 0.1) is 0 Å². The van der Waals surface area contributed by atoms with Crippen molar-refractivity contribution in [3.63, 3.8) is 0 Å². The van der Waals surface area contributed by atoms with Gasteiger partial charge in [0.2, 0.25) is 5.91 Å². The zero-order valence-corrected chi connectivity index (χ0v) is 10.4. The molecule has 4 nitrogen and oxygen atoms in total. The van der Waals surface area contributed by atoms with Crippen molar-refractivity contribution in [2.45, 2.75) is 43.7 Å². The maximum atomic E-state index is 11.9. The number of likely N-dealkylation sites (N-methyl/N-ethyl adjacent to an activating group) is 1. The summed E-state index contributed by atoms with van der Waals surface area (Å²) in [6, 6.07) is 0.0549. The smallest absolute Gasteiger partial charge is 0.237 e. The Balaban J connectivity index is 1.79. The molecule has 0 spiro atoms. The Kier molecular flexibility index (Phi) is 3.50. The Labute approximate surface area is 97.8 Å². The van der Waals surface area contributed by atoms with Crippen molar-refractivity contribution in [2.75, 3.05) is 27.2 Å². The number of hydrogen-bond acceptors (Lipinski definition) is 3. The minimum absolute atomic E-state index is 0.0549. The molecule has 0 unspecified atom stereocenters. The van der Waals surface area contributed by atoms with Crippen molar-refractivity contribution in [1.29, 1.82) is 0 Å². The van der Waals surface area contributed by atoms with Crippen molar-refractivity contribution < 1.29 is 4.79 Å². The molecule has 2 aliphatic rings. The largest absolute Gasteiger partial charge is 0.353 e. The van der Waals surface area contributed by atoms with Crippen molar-refractivity contribution in [1.82, 2.24) is 15.5 Å². The van der Waals surface area contributed by atoms with E-state index in [0.29, 0.717) is 0 Å². The third kappa shape index (κ3) is 2.23. The zero-order valence-electron chi connectivity index (χ0n) is 10.4. The van der Waals surface area contributed by atoms with Gasteiger partial charge in [0.05, 0.1) is 6.04 Å². The second kappa shape index (κ2) is 4.72. The van der Waals surface area contributed by atoms with E-state index in [1.165, 1.54) is 19.3 Å². The topological polar surface area (TPSA) is 44.4 Å². The van der Waals surface area contributed by atoms with E-state index in [0.717, 1.165) is 25.9 Å². The molecule has 0 aromatic rings. The van der Waals surface area contributed by atoms with Crippen LogP contribution in [0.4, 0.5) is 0 Å². The third-order valence-corrected chi connectivity index (χ3v) is 4.20. The molecule has 2 N–H and O–H groups in total. The number of carbonyl (C=O) groups excluding carboxylic acids is 1. The summed E-state index contributed by atoms with van der Waals surface area (Å²) in [5.74, 6) is 0.186. The Hall–Kier alpha value is -0.610. The van der Waals surface area contributed by atoms with Crippen LogP contribution in [0.5, 0.6) is 0 Å². The predicted molar refractivity (Wildman–Crippen MR) is 64.3 cm³/mol. The van der Waals surface area contributed by atoms with Crippen LogP contribution >= 0.6 is 0 Å². The maximum Gasteiger partial charge on any atom is 0.237 e. The van der Waals surface area contributed by atoms with Gasteiger partial charge < -0.3 is 15.5 Å². The normalized spacial score (nSPS) is 27.8. The lowest BCUT2D eigenvalue weighted by atomic mass is 9.75. The Bertz CT molecular complexity index is 255. The highest BCUT2D eigenvalue weighted by Crippen LogP contribution is 2.35. The van der Waals surface area contributed by atoms with Crippen molar-refractivity contribution in [2.24, 2.45) is 0 Å². The summed E-state index contributed by atoms with van der Waals surface area (Å²) in [6.45, 7) is 1.79. The van der Waals surface area contributed by atoms with E-state index in [2.05, 4.69) is 29.6 Å². The standard InChI is InChI=1S/C12H23N3O/c1-15(2)12(6-4-7-12)9-14-11(16)10-5-3-8-13-10/h10,13H,3-9H2,1-2H3,(H,14,16)/t10-/m1/s1. The van der Waals surface area contributed by atoms with Crippen LogP contribution in [-0.2, 0) is 4.79 Å². The number of rotatable bonds is 4. The molecule has 1 amide bonds. The molecule has 1 aliphatic heterocycles. The molecule has 1 aliphatic carbocycles. The van der Waals surface area contributed by atoms with Gasteiger partial charge in [-0.05, 0) is 52.7 Å². The van der Waals surface area contributed by atoms with Gasteiger partial charge in [-0.3, -0.25) is 4.79 Å². The summed E-state index contributed by atoms with van der Waals surface area (Å²) in [5.41, 5.74) is 0.230. The molecular weight excluding hydrogens is 202 g/mol. The summed E-state index contributed by atoms with van der Waals surface area (Å²) >= 11 is 0. The average Bonchev–Trinajstić information content (AvgIpc) is 2.67. The first-order chi connectivity index (χ1) is 7.64. The van der Waals surface area contributed by atoms with E-state index in [-0.39, 0.29) is 17.5 Å². The van der Waals surface area contributed by atoms with Crippen LogP contribution in [0.25, 0.3) is 0 Å². The van der Waals surface area contributed by atoms with Crippen LogP contribution in [0.15, 0.2) is 0 Å². The number of carbonyl (C=O) groups is 1. The molecule has 1 saturated heterocycles. The van der Waals surface area contributed by atoms with Crippen molar-refractivity contribution in [3.8, 4) is 0 Å². The maximum absolute atomic E-state index is 11.9. The molecule has 4 heteroatoms. The Morgan fingerprint density at radius 3 is 2.62 bits per heavy atom. The number of amides is 1. The lowest BCUT2D eigenvalue weighted by molar-refractivity contribution is -0.123. The molecule has 2 rings (SSSR count). The highest BCUT2D eigenvalue weighted by Gasteiger charge is 2.39. The van der Waals surface area contributed by atoms with Crippen LogP contribution in [-0.4, -0.2) is 49.6 Å². The van der Waals surface area contributed by atoms with Crippen LogP contribution < -0.4 is 10.6 Å². The molecule has 0 aromatic carbocycles. The highest BCUT2D eigenvalue weighted by atomic mass is 16.2. The van der Waals surface area contributed by atoms with Crippen molar-refractivity contribution >= 4 is 5.91 Å². The minimum atomic E-state index is 0.0549. The lowest BCUT2D eigenvalue weighted by Gasteiger charge is -2.47. The van der Waals surface area contributed by atoms with E-state index in [1.54, 1.807) is 0 Å². The fraction of sp³-hybridized carbons (Fsp3) is 0.917. The first-order valence-electron chi connectivity index (χ1n) is 6.33. The molecule has 1 heterocycles. The highest BCUT2D eigenvalue weighted by molar-refractivity contribution is 5.82. The van der Waals surface area contributed by atoms with Gasteiger partial charge in [-0.2, -0.15) is 0 Å². The monoisotopic (exact) mass is 225 g/mol. The molecule has 0 radical (unpaired) electrons. The van der Waals surface area contributed by atoms with Crippen molar-refractivity contribution in [3.05, 3.63) is 0 Å². The minimum Gasteiger partial charge on any atom is -0.353 e. The molecule has 16 heavy (non-hydrogen) atoms. The Morgan fingerprint density at radius 2 is 2.19 bits per heavy atom. The summed E-state index contributed by atoms with van der Waals surface area (Å²) in [4.78, 5) is 14.1. The molecular formula is C12H23N3O. The zero-order chi connectivity index (χ0) is 11.6. The number of nitrogens with zero attached hydrogens (tertiary/aromatic N) is 1. The first-order valence-corrected chi connectivity index (χ1v) is 6.33. The van der Waals surface area contributed by atoms with E-state index in [9.17, 15) is 4.79 Å². The molecule has 1 atom stereocenters. The van der Waals surface area contributed by atoms with Gasteiger partial charge in [0.25, 0.3) is 0 Å². The van der Waals surface area contributed by atoms with E-state index < -0.39 is 0 Å². The fourth-order valence-corrected chi connectivity index (χ4v) is 2.65. The molecule has 2 fully saturated rings. The molecule has 92 valence electrons. The lowest BCUT2D eigenvalue weighted by Crippen LogP contribution is -2.58. The fourth-order valence-electron chi connectivity index (χ4n) is 2.65. The summed E-state index contributed by atoms with van der Waals surface area (Å²) in [6.07, 6.45) is 5.81. The first kappa shape index (κ1) is 11.9. The van der Waals surface area contributed by atoms with Gasteiger partial charge in [0.1, 0.15) is 0 Å². The van der Waals surface area contributed by atoms with Gasteiger partial charge in [-0.1, -0.05) is 0 Å². The Morgan fingerprint density at radius 1 is 1.44 bits per heavy atom. The van der Waals surface area contributed by atoms with Gasteiger partial charge in [-0.15, -0.1) is 0 Å². The number of nitrogens with one attached hydrogen (secondary N) is 2. The van der Waals surface area contributed by atoms with Gasteiger partial charge in [0, 0.05) is 12.1 Å². The summed E-state index contributed by atoms with van der Waals surface area (Å²) in [7, 11) is 4.22. The summed E-state index contributed by atoms with van der Waals surface area (Å²) in [5, 5.41) is 6.34.